The van der Waals surface area contributed by atoms with Crippen molar-refractivity contribution >= 4 is 50.3 Å². The molecule has 4 nitrogen and oxygen atoms in total. The monoisotopic (exact) mass is 468 g/mol. The zero-order valence-corrected chi connectivity index (χ0v) is 20.1. The van der Waals surface area contributed by atoms with Crippen LogP contribution >= 0.6 is 0 Å². The van der Waals surface area contributed by atoms with Gasteiger partial charge in [0, 0.05) is 16.5 Å². The molecule has 1 N–H and O–H groups in total. The van der Waals surface area contributed by atoms with Crippen molar-refractivity contribution in [3.63, 3.8) is 0 Å². The third kappa shape index (κ3) is 3.46. The average Bonchev–Trinajstić information content (AvgIpc) is 3.13. The highest BCUT2D eigenvalue weighted by Crippen LogP contribution is 2.38. The van der Waals surface area contributed by atoms with Crippen LogP contribution in [-0.4, -0.2) is 11.8 Å². The number of carbonyl (C=O) groups is 2. The molecular weight excluding hydrogens is 444 g/mol. The first-order valence-corrected chi connectivity index (χ1v) is 12.0. The summed E-state index contributed by atoms with van der Waals surface area (Å²) in [4.78, 5) is 29.4. The Bertz CT molecular complexity index is 1720. The highest BCUT2D eigenvalue weighted by Gasteiger charge is 2.41. The highest BCUT2D eigenvalue weighted by molar-refractivity contribution is 6.47. The summed E-state index contributed by atoms with van der Waals surface area (Å²) in [5.74, 6) is -0.690. The highest BCUT2D eigenvalue weighted by atomic mass is 16.2. The molecule has 0 fully saturated rings. The van der Waals surface area contributed by atoms with E-state index in [-0.39, 0.29) is 17.5 Å². The summed E-state index contributed by atoms with van der Waals surface area (Å²) < 4.78 is 0. The molecule has 1 aliphatic heterocycles. The van der Waals surface area contributed by atoms with Crippen LogP contribution in [0.2, 0.25) is 0 Å². The van der Waals surface area contributed by atoms with Crippen molar-refractivity contribution in [1.82, 2.24) is 0 Å². The lowest BCUT2D eigenvalue weighted by atomic mass is 9.97. The number of aryl methyl sites for hydroxylation is 2. The van der Waals surface area contributed by atoms with Crippen LogP contribution in [0, 0.1) is 13.8 Å². The molecule has 1 heterocycles. The van der Waals surface area contributed by atoms with Crippen LogP contribution in [0.4, 0.5) is 11.4 Å². The molecule has 0 bridgehead atoms. The van der Waals surface area contributed by atoms with Crippen molar-refractivity contribution in [1.29, 1.82) is 0 Å². The fraction of sp³-hybridized carbons (Fsp3) is 0.0625. The number of hydrogen-bond donors (Lipinski definition) is 1. The van der Waals surface area contributed by atoms with E-state index in [1.54, 1.807) is 0 Å². The van der Waals surface area contributed by atoms with Crippen LogP contribution in [0.3, 0.4) is 0 Å². The second-order valence-electron chi connectivity index (χ2n) is 9.16. The van der Waals surface area contributed by atoms with E-state index in [9.17, 15) is 9.59 Å². The lowest BCUT2D eigenvalue weighted by molar-refractivity contribution is -0.120. The Morgan fingerprint density at radius 3 is 2.03 bits per heavy atom. The van der Waals surface area contributed by atoms with Crippen molar-refractivity contribution in [2.45, 2.75) is 13.8 Å². The second kappa shape index (κ2) is 8.51. The number of hydrogen-bond acceptors (Lipinski definition) is 3. The Morgan fingerprint density at radius 1 is 0.639 bits per heavy atom. The third-order valence-corrected chi connectivity index (χ3v) is 6.79. The van der Waals surface area contributed by atoms with Gasteiger partial charge in [-0.15, -0.1) is 0 Å². The maximum Gasteiger partial charge on any atom is 0.282 e. The van der Waals surface area contributed by atoms with Crippen LogP contribution in [0.15, 0.2) is 109 Å². The van der Waals surface area contributed by atoms with E-state index in [0.29, 0.717) is 11.3 Å². The second-order valence-corrected chi connectivity index (χ2v) is 9.16. The first-order chi connectivity index (χ1) is 17.5. The number of nitrogens with zero attached hydrogens (tertiary/aromatic N) is 1. The number of nitrogens with one attached hydrogen (secondary N) is 1. The van der Waals surface area contributed by atoms with Crippen molar-refractivity contribution < 1.29 is 9.59 Å². The maximum atomic E-state index is 14.1. The van der Waals surface area contributed by atoms with Gasteiger partial charge < -0.3 is 5.32 Å². The Kier molecular flexibility index (Phi) is 5.15. The SMILES string of the molecule is Cc1ccc(C2=C(Nc3cccc4ccccc34)C(=O)N(c3cccc4ccccc34)C2=O)c(C)c1. The smallest absolute Gasteiger partial charge is 0.282 e. The summed E-state index contributed by atoms with van der Waals surface area (Å²) in [7, 11) is 0. The molecule has 0 saturated carbocycles. The molecule has 0 radical (unpaired) electrons. The van der Waals surface area contributed by atoms with E-state index >= 15 is 0 Å². The van der Waals surface area contributed by atoms with Gasteiger partial charge in [0.1, 0.15) is 5.70 Å². The van der Waals surface area contributed by atoms with Gasteiger partial charge in [0.05, 0.1) is 11.3 Å². The van der Waals surface area contributed by atoms with E-state index in [1.807, 2.05) is 117 Å². The average molecular weight is 469 g/mol. The van der Waals surface area contributed by atoms with Crippen LogP contribution in [0.5, 0.6) is 0 Å². The summed E-state index contributed by atoms with van der Waals surface area (Å²) in [6.45, 7) is 3.99. The third-order valence-electron chi connectivity index (χ3n) is 6.79. The number of rotatable bonds is 4. The quantitative estimate of drug-likeness (QED) is 0.289. The van der Waals surface area contributed by atoms with Crippen LogP contribution in [-0.2, 0) is 9.59 Å². The summed E-state index contributed by atoms with van der Waals surface area (Å²) in [5, 5.41) is 7.23. The molecule has 0 saturated heterocycles. The van der Waals surface area contributed by atoms with Crippen LogP contribution in [0.1, 0.15) is 16.7 Å². The normalized spacial score (nSPS) is 13.8. The van der Waals surface area contributed by atoms with E-state index < -0.39 is 0 Å². The fourth-order valence-electron chi connectivity index (χ4n) is 5.08. The lowest BCUT2D eigenvalue weighted by Crippen LogP contribution is -2.32. The van der Waals surface area contributed by atoms with Crippen molar-refractivity contribution in [3.05, 3.63) is 126 Å². The van der Waals surface area contributed by atoms with Gasteiger partial charge >= 0.3 is 0 Å². The number of imide groups is 1. The Balaban J connectivity index is 1.56. The van der Waals surface area contributed by atoms with Gasteiger partial charge in [-0.25, -0.2) is 4.90 Å². The molecule has 174 valence electrons. The Hall–Kier alpha value is -4.70. The predicted molar refractivity (Wildman–Crippen MR) is 147 cm³/mol. The van der Waals surface area contributed by atoms with E-state index in [1.165, 1.54) is 4.90 Å². The van der Waals surface area contributed by atoms with E-state index in [4.69, 9.17) is 0 Å². The molecule has 36 heavy (non-hydrogen) atoms. The minimum Gasteiger partial charge on any atom is -0.350 e. The number of amides is 2. The van der Waals surface area contributed by atoms with Gasteiger partial charge in [0.15, 0.2) is 0 Å². The minimum absolute atomic E-state index is 0.288. The van der Waals surface area contributed by atoms with Gasteiger partial charge in [0.25, 0.3) is 11.8 Å². The number of benzene rings is 5. The maximum absolute atomic E-state index is 14.1. The summed E-state index contributed by atoms with van der Waals surface area (Å²) in [6, 6.07) is 33.4. The molecule has 0 unspecified atom stereocenters. The molecule has 0 atom stereocenters. The zero-order valence-electron chi connectivity index (χ0n) is 20.1. The lowest BCUT2D eigenvalue weighted by Gasteiger charge is -2.18. The zero-order chi connectivity index (χ0) is 24.8. The molecule has 2 amide bonds. The molecule has 1 aliphatic rings. The van der Waals surface area contributed by atoms with Crippen LogP contribution in [0.25, 0.3) is 27.1 Å². The van der Waals surface area contributed by atoms with Crippen molar-refractivity contribution in [2.75, 3.05) is 10.2 Å². The number of carbonyl (C=O) groups excluding carboxylic acids is 2. The molecule has 4 heteroatoms. The molecule has 5 aromatic rings. The van der Waals surface area contributed by atoms with Crippen molar-refractivity contribution in [3.8, 4) is 0 Å². The predicted octanol–water partition coefficient (Wildman–Crippen LogP) is 7.01. The number of anilines is 2. The van der Waals surface area contributed by atoms with Gasteiger partial charge in [-0.1, -0.05) is 96.6 Å². The van der Waals surface area contributed by atoms with Gasteiger partial charge in [-0.05, 0) is 47.9 Å². The Labute approximate surface area is 209 Å². The standard InChI is InChI=1S/C32H24N2O2/c1-20-17-18-24(21(2)19-20)29-30(33-27-15-7-11-22-9-3-5-13-25(22)27)32(36)34(31(29)35)28-16-8-12-23-10-4-6-14-26(23)28/h3-19,33H,1-2H3. The summed E-state index contributed by atoms with van der Waals surface area (Å²) >= 11 is 0. The number of fused-ring (bicyclic) bond motifs is 2. The topological polar surface area (TPSA) is 49.4 Å². The van der Waals surface area contributed by atoms with E-state index in [2.05, 4.69) is 5.32 Å². The summed E-state index contributed by atoms with van der Waals surface area (Å²) in [5.41, 5.74) is 4.84. The van der Waals surface area contributed by atoms with E-state index in [0.717, 1.165) is 43.9 Å². The minimum atomic E-state index is -0.362. The molecule has 5 aromatic carbocycles. The Morgan fingerprint density at radius 2 is 1.28 bits per heavy atom. The molecule has 6 rings (SSSR count). The first-order valence-electron chi connectivity index (χ1n) is 12.0. The van der Waals surface area contributed by atoms with Gasteiger partial charge in [-0.2, -0.15) is 0 Å². The molecule has 0 aliphatic carbocycles. The molecule has 0 spiro atoms. The van der Waals surface area contributed by atoms with Crippen LogP contribution < -0.4 is 10.2 Å². The molecular formula is C32H24N2O2. The first kappa shape index (κ1) is 21.8. The van der Waals surface area contributed by atoms with Gasteiger partial charge in [-0.3, -0.25) is 9.59 Å². The largest absolute Gasteiger partial charge is 0.350 e. The van der Waals surface area contributed by atoms with Crippen molar-refractivity contribution in [2.24, 2.45) is 0 Å². The van der Waals surface area contributed by atoms with Gasteiger partial charge in [0.2, 0.25) is 0 Å². The molecule has 0 aromatic heterocycles. The summed E-state index contributed by atoms with van der Waals surface area (Å²) in [6.07, 6.45) is 0. The fourth-order valence-corrected chi connectivity index (χ4v) is 5.08.